The van der Waals surface area contributed by atoms with Gasteiger partial charge >= 0.3 is 5.97 Å². The molecular formula is C12H8Cl2N6O2. The van der Waals surface area contributed by atoms with Crippen LogP contribution in [-0.2, 0) is 4.74 Å². The zero-order chi connectivity index (χ0) is 16.1. The zero-order valence-corrected chi connectivity index (χ0v) is 12.6. The van der Waals surface area contributed by atoms with Crippen LogP contribution in [0.1, 0.15) is 16.2 Å². The minimum Gasteiger partial charge on any atom is -0.465 e. The number of rotatable bonds is 4. The smallest absolute Gasteiger partial charge is 0.339 e. The third-order valence-electron chi connectivity index (χ3n) is 2.56. The van der Waals surface area contributed by atoms with Gasteiger partial charge in [-0.2, -0.15) is 10.5 Å². The van der Waals surface area contributed by atoms with Gasteiger partial charge in [0.1, 0.15) is 11.6 Å². The summed E-state index contributed by atoms with van der Waals surface area (Å²) in [6, 6.07) is 4.82. The van der Waals surface area contributed by atoms with Crippen LogP contribution in [0.5, 0.6) is 0 Å². The number of H-pyrrole nitrogens is 1. The lowest BCUT2D eigenvalue weighted by Crippen LogP contribution is -2.04. The van der Waals surface area contributed by atoms with E-state index in [0.29, 0.717) is 0 Å². The van der Waals surface area contributed by atoms with E-state index in [1.165, 1.54) is 25.4 Å². The van der Waals surface area contributed by atoms with Crippen LogP contribution in [0.25, 0.3) is 5.57 Å². The van der Waals surface area contributed by atoms with E-state index in [9.17, 15) is 4.79 Å². The molecule has 10 heteroatoms. The maximum Gasteiger partial charge on any atom is 0.339 e. The molecule has 8 nitrogen and oxygen atoms in total. The quantitative estimate of drug-likeness (QED) is 0.648. The second kappa shape index (κ2) is 6.89. The molecule has 0 aliphatic carbocycles. The zero-order valence-electron chi connectivity index (χ0n) is 11.1. The molecule has 1 aromatic heterocycles. The Morgan fingerprint density at radius 2 is 2.27 bits per heavy atom. The fraction of sp³-hybridized carbons (Fsp3) is 0.0833. The third-order valence-corrected chi connectivity index (χ3v) is 3.27. The Bertz CT molecular complexity index is 767. The second-order valence-electron chi connectivity index (χ2n) is 3.83. The fourth-order valence-corrected chi connectivity index (χ4v) is 2.08. The topological polar surface area (TPSA) is 117 Å². The molecule has 0 spiro atoms. The monoisotopic (exact) mass is 338 g/mol. The lowest BCUT2D eigenvalue weighted by molar-refractivity contribution is 0.0601. The Labute approximate surface area is 134 Å². The van der Waals surface area contributed by atoms with Gasteiger partial charge in [0, 0.05) is 6.20 Å². The van der Waals surface area contributed by atoms with Crippen LogP contribution < -0.4 is 5.32 Å². The van der Waals surface area contributed by atoms with E-state index in [1.54, 1.807) is 0 Å². The lowest BCUT2D eigenvalue weighted by atomic mass is 10.2. The van der Waals surface area contributed by atoms with Crippen LogP contribution in [-0.4, -0.2) is 33.7 Å². The number of nitrogens with one attached hydrogen (secondary N) is 2. The number of tetrazole rings is 1. The van der Waals surface area contributed by atoms with Crippen LogP contribution in [0, 0.1) is 11.3 Å². The van der Waals surface area contributed by atoms with E-state index in [2.05, 4.69) is 30.7 Å². The maximum absolute atomic E-state index is 11.6. The molecule has 0 bridgehead atoms. The van der Waals surface area contributed by atoms with E-state index >= 15 is 0 Å². The van der Waals surface area contributed by atoms with Crippen molar-refractivity contribution in [1.29, 1.82) is 5.26 Å². The number of esters is 1. The number of ether oxygens (including phenoxy) is 1. The van der Waals surface area contributed by atoms with Crippen LogP contribution in [0.2, 0.25) is 10.0 Å². The normalized spacial score (nSPS) is 10.9. The Hall–Kier alpha value is -2.63. The van der Waals surface area contributed by atoms with Crippen LogP contribution in [0.15, 0.2) is 18.3 Å². The molecule has 0 fully saturated rings. The molecule has 1 heterocycles. The molecule has 0 aliphatic heterocycles. The summed E-state index contributed by atoms with van der Waals surface area (Å²) in [5, 5.41) is 25.1. The van der Waals surface area contributed by atoms with Crippen molar-refractivity contribution >= 4 is 40.4 Å². The molecule has 112 valence electrons. The lowest BCUT2D eigenvalue weighted by Gasteiger charge is -2.10. The summed E-state index contributed by atoms with van der Waals surface area (Å²) in [5.74, 6) is -0.501. The summed E-state index contributed by atoms with van der Waals surface area (Å²) < 4.78 is 4.62. The van der Waals surface area contributed by atoms with Gasteiger partial charge in [0.05, 0.1) is 28.4 Å². The number of aromatic nitrogens is 4. The van der Waals surface area contributed by atoms with Gasteiger partial charge in [-0.25, -0.2) is 4.79 Å². The number of carbonyl (C=O) groups is 1. The van der Waals surface area contributed by atoms with Crippen molar-refractivity contribution in [3.8, 4) is 6.07 Å². The van der Waals surface area contributed by atoms with E-state index in [0.717, 1.165) is 0 Å². The van der Waals surface area contributed by atoms with Crippen molar-refractivity contribution in [2.75, 3.05) is 12.4 Å². The first kappa shape index (κ1) is 15.8. The van der Waals surface area contributed by atoms with Crippen molar-refractivity contribution in [1.82, 2.24) is 20.6 Å². The van der Waals surface area contributed by atoms with Gasteiger partial charge in [0.15, 0.2) is 0 Å². The van der Waals surface area contributed by atoms with E-state index < -0.39 is 5.97 Å². The van der Waals surface area contributed by atoms with Crippen molar-refractivity contribution in [2.45, 2.75) is 0 Å². The number of allylic oxidation sites excluding steroid dienone is 1. The van der Waals surface area contributed by atoms with Crippen LogP contribution >= 0.6 is 23.2 Å². The summed E-state index contributed by atoms with van der Waals surface area (Å²) in [4.78, 5) is 11.6. The molecule has 2 N–H and O–H groups in total. The van der Waals surface area contributed by atoms with Crippen molar-refractivity contribution in [3.63, 3.8) is 0 Å². The predicted molar refractivity (Wildman–Crippen MR) is 79.2 cm³/mol. The highest BCUT2D eigenvalue weighted by Crippen LogP contribution is 2.34. The Morgan fingerprint density at radius 3 is 2.86 bits per heavy atom. The average Bonchev–Trinajstić information content (AvgIpc) is 3.04. The summed E-state index contributed by atoms with van der Waals surface area (Å²) >= 11 is 12.2. The highest BCUT2D eigenvalue weighted by molar-refractivity contribution is 6.41. The number of nitrogens with zero attached hydrogens (tertiary/aromatic N) is 4. The Kier molecular flexibility index (Phi) is 4.93. The van der Waals surface area contributed by atoms with Gasteiger partial charge in [-0.05, 0) is 17.3 Å². The number of nitriles is 1. The van der Waals surface area contributed by atoms with Crippen LogP contribution in [0.4, 0.5) is 5.69 Å². The summed E-state index contributed by atoms with van der Waals surface area (Å²) in [6.07, 6.45) is 1.30. The Morgan fingerprint density at radius 1 is 1.50 bits per heavy atom. The first-order chi connectivity index (χ1) is 10.6. The molecular weight excluding hydrogens is 331 g/mol. The summed E-state index contributed by atoms with van der Waals surface area (Å²) in [6.45, 7) is 0. The fourth-order valence-electron chi connectivity index (χ4n) is 1.52. The highest BCUT2D eigenvalue weighted by Gasteiger charge is 2.16. The number of hydrogen-bond donors (Lipinski definition) is 2. The van der Waals surface area contributed by atoms with Crippen molar-refractivity contribution < 1.29 is 9.53 Å². The van der Waals surface area contributed by atoms with Gasteiger partial charge in [-0.1, -0.05) is 23.2 Å². The highest BCUT2D eigenvalue weighted by atomic mass is 35.5. The first-order valence-electron chi connectivity index (χ1n) is 5.75. The number of carbonyl (C=O) groups excluding carboxylic acids is 1. The van der Waals surface area contributed by atoms with E-state index in [-0.39, 0.29) is 32.7 Å². The number of aromatic amines is 1. The Balaban J connectivity index is 2.37. The molecule has 0 unspecified atom stereocenters. The third kappa shape index (κ3) is 3.16. The minimum atomic E-state index is -0.604. The molecule has 0 aliphatic rings. The standard InChI is InChI=1S/C12H8Cl2N6O2/c1-22-12(21)7-2-3-8(13)10(9(7)14)16-5-6(4-15)11-17-19-20-18-11/h2-3,5,16H,1H3,(H,17,18,19,20). The molecule has 0 saturated heterocycles. The molecule has 2 rings (SSSR count). The molecule has 0 amide bonds. The van der Waals surface area contributed by atoms with Crippen LogP contribution in [0.3, 0.4) is 0 Å². The van der Waals surface area contributed by atoms with Gasteiger partial charge in [0.25, 0.3) is 0 Å². The summed E-state index contributed by atoms with van der Waals surface area (Å²) in [7, 11) is 1.24. The second-order valence-corrected chi connectivity index (χ2v) is 4.61. The number of halogens is 2. The van der Waals surface area contributed by atoms with Gasteiger partial charge in [0.2, 0.25) is 5.82 Å². The molecule has 1 aromatic carbocycles. The molecule has 0 saturated carbocycles. The largest absolute Gasteiger partial charge is 0.465 e. The van der Waals surface area contributed by atoms with E-state index in [4.69, 9.17) is 28.5 Å². The van der Waals surface area contributed by atoms with Crippen molar-refractivity contribution in [2.24, 2.45) is 0 Å². The minimum absolute atomic E-state index is 0.0704. The number of anilines is 1. The first-order valence-corrected chi connectivity index (χ1v) is 6.51. The molecule has 0 radical (unpaired) electrons. The van der Waals surface area contributed by atoms with Gasteiger partial charge in [-0.15, -0.1) is 10.2 Å². The number of hydrogen-bond acceptors (Lipinski definition) is 7. The van der Waals surface area contributed by atoms with E-state index in [1.807, 2.05) is 6.07 Å². The number of methoxy groups -OCH3 is 1. The molecule has 2 aromatic rings. The maximum atomic E-state index is 11.6. The summed E-state index contributed by atoms with van der Waals surface area (Å²) in [5.41, 5.74) is 0.495. The molecule has 0 atom stereocenters. The SMILES string of the molecule is COC(=O)c1ccc(Cl)c(NC=C(C#N)c2nn[nH]n2)c1Cl. The van der Waals surface area contributed by atoms with Gasteiger partial charge in [-0.3, -0.25) is 0 Å². The average molecular weight is 339 g/mol. The van der Waals surface area contributed by atoms with Gasteiger partial charge < -0.3 is 10.1 Å². The van der Waals surface area contributed by atoms with Crippen molar-refractivity contribution in [3.05, 3.63) is 39.8 Å². The predicted octanol–water partition coefficient (Wildman–Crippen LogP) is 2.27. The number of benzene rings is 1. The molecule has 22 heavy (non-hydrogen) atoms.